The maximum atomic E-state index is 3.36. The second-order valence-electron chi connectivity index (χ2n) is 8.82. The summed E-state index contributed by atoms with van der Waals surface area (Å²) < 4.78 is 0. The molecular formula is C34H36Cl2SiZr-4. The van der Waals surface area contributed by atoms with Crippen molar-refractivity contribution < 1.29 is 23.3 Å². The van der Waals surface area contributed by atoms with Crippen LogP contribution in [0.1, 0.15) is 27.7 Å². The van der Waals surface area contributed by atoms with Gasteiger partial charge in [0, 0.05) is 0 Å². The van der Waals surface area contributed by atoms with Gasteiger partial charge in [0.15, 0.2) is 0 Å². The summed E-state index contributed by atoms with van der Waals surface area (Å²) in [4.78, 5) is 0. The van der Waals surface area contributed by atoms with E-state index in [1.165, 1.54) is 83.5 Å². The molecule has 5 aromatic carbocycles. The maximum absolute atomic E-state index is 3.36. The summed E-state index contributed by atoms with van der Waals surface area (Å²) in [5.74, 6) is 0.560. The SMILES string of the molecule is CC1=[C-]C(C)C(C)=C1C.Cl.Cl.[CH3-].[CH3-].[Si]=[Zr].c1ccc2c(c1)cc(-c1c[cH-]c3ccccc13)c1ccccc12. The minimum absolute atomic E-state index is 0. The van der Waals surface area contributed by atoms with Gasteiger partial charge in [0.2, 0.25) is 0 Å². The molecule has 6 rings (SSSR count). The van der Waals surface area contributed by atoms with Crippen LogP contribution < -0.4 is 0 Å². The molecule has 1 atom stereocenters. The molecule has 5 aromatic rings. The van der Waals surface area contributed by atoms with Gasteiger partial charge in [-0.3, -0.25) is 6.08 Å². The summed E-state index contributed by atoms with van der Waals surface area (Å²) in [5, 5.41) is 7.90. The van der Waals surface area contributed by atoms with Crippen molar-refractivity contribution >= 4 is 64.0 Å². The van der Waals surface area contributed by atoms with Gasteiger partial charge in [-0.1, -0.05) is 92.9 Å². The Morgan fingerprint density at radius 3 is 1.79 bits per heavy atom. The Kier molecular flexibility index (Phi) is 15.5. The van der Waals surface area contributed by atoms with Crippen molar-refractivity contribution in [3.05, 3.63) is 129 Å². The van der Waals surface area contributed by atoms with Crippen LogP contribution in [0, 0.1) is 26.8 Å². The van der Waals surface area contributed by atoms with E-state index in [2.05, 4.69) is 132 Å². The topological polar surface area (TPSA) is 0 Å². The first kappa shape index (κ1) is 36.2. The third kappa shape index (κ3) is 7.22. The van der Waals surface area contributed by atoms with E-state index < -0.39 is 0 Å². The first-order chi connectivity index (χ1) is 16.5. The van der Waals surface area contributed by atoms with E-state index in [4.69, 9.17) is 0 Å². The van der Waals surface area contributed by atoms with Gasteiger partial charge in [-0.15, -0.1) is 78.4 Å². The van der Waals surface area contributed by atoms with Crippen molar-refractivity contribution in [3.8, 4) is 11.1 Å². The van der Waals surface area contributed by atoms with E-state index >= 15 is 0 Å². The van der Waals surface area contributed by atoms with E-state index in [1.807, 2.05) is 0 Å². The summed E-state index contributed by atoms with van der Waals surface area (Å²) >= 11 is 1.36. The van der Waals surface area contributed by atoms with Crippen molar-refractivity contribution in [2.45, 2.75) is 27.7 Å². The molecule has 0 nitrogen and oxygen atoms in total. The molecule has 0 aromatic heterocycles. The second-order valence-corrected chi connectivity index (χ2v) is 8.82. The summed E-state index contributed by atoms with van der Waals surface area (Å²) in [6.45, 7) is 11.7. The number of fused-ring (bicyclic) bond motifs is 4. The Labute approximate surface area is 259 Å². The zero-order chi connectivity index (χ0) is 24.2. The number of allylic oxidation sites excluding steroid dienone is 4. The number of benzene rings is 4. The van der Waals surface area contributed by atoms with E-state index in [1.54, 1.807) is 0 Å². The second kappa shape index (κ2) is 16.3. The molecular weight excluding hydrogens is 599 g/mol. The van der Waals surface area contributed by atoms with E-state index in [-0.39, 0.29) is 39.7 Å². The van der Waals surface area contributed by atoms with Crippen molar-refractivity contribution in [1.82, 2.24) is 0 Å². The molecule has 198 valence electrons. The van der Waals surface area contributed by atoms with Crippen LogP contribution in [0.15, 0.2) is 108 Å². The Balaban J connectivity index is 0.000000791. The number of hydrogen-bond acceptors (Lipinski definition) is 0. The van der Waals surface area contributed by atoms with Gasteiger partial charge in [-0.05, 0) is 21.5 Å². The number of hydrogen-bond donors (Lipinski definition) is 0. The molecule has 1 unspecified atom stereocenters. The minimum Gasteiger partial charge on any atom is -0.150 e. The summed E-state index contributed by atoms with van der Waals surface area (Å²) in [7, 11) is 0. The zero-order valence-electron chi connectivity index (χ0n) is 23.1. The average Bonchev–Trinajstić information content (AvgIpc) is 3.41. The van der Waals surface area contributed by atoms with Gasteiger partial charge in [0.1, 0.15) is 0 Å². The van der Waals surface area contributed by atoms with Gasteiger partial charge in [-0.25, -0.2) is 5.57 Å². The molecule has 0 saturated heterocycles. The summed E-state index contributed by atoms with van der Waals surface area (Å²) in [5.41, 5.74) is 6.89. The monoisotopic (exact) mass is 632 g/mol. The predicted molar refractivity (Wildman–Crippen MR) is 173 cm³/mol. The van der Waals surface area contributed by atoms with Crippen molar-refractivity contribution in [2.75, 3.05) is 0 Å². The predicted octanol–water partition coefficient (Wildman–Crippen LogP) is 10.6. The molecule has 0 bridgehead atoms. The summed E-state index contributed by atoms with van der Waals surface area (Å²) in [6, 6.07) is 32.8. The van der Waals surface area contributed by atoms with Gasteiger partial charge in [0.25, 0.3) is 0 Å². The first-order valence-electron chi connectivity index (χ1n) is 11.6. The van der Waals surface area contributed by atoms with Gasteiger partial charge >= 0.3 is 30.2 Å². The fourth-order valence-electron chi connectivity index (χ4n) is 4.82. The standard InChI is InChI=1S/C23H15.C9H13.2CH3.2ClH.Si.Zr/c1-3-9-18-16(7-1)13-14-22(18)23-15-17-8-2-4-10-19(17)20-11-5-6-12-21(20)23;1-6-5-7(2)9(4)8(6)3;;;;;;/h1-15H;6H,1-4H3;2*1H3;2*1H;;/q4*-1;;;;. The zero-order valence-corrected chi connectivity index (χ0v) is 28.1. The molecule has 0 fully saturated rings. The Morgan fingerprint density at radius 1 is 0.711 bits per heavy atom. The molecule has 0 amide bonds. The van der Waals surface area contributed by atoms with E-state index in [0.717, 1.165) is 0 Å². The van der Waals surface area contributed by atoms with Crippen LogP contribution in [-0.4, -0.2) is 6.88 Å². The minimum atomic E-state index is 0. The Hall–Kier alpha value is -1.83. The van der Waals surface area contributed by atoms with Crippen molar-refractivity contribution in [2.24, 2.45) is 5.92 Å². The Morgan fingerprint density at radius 2 is 1.24 bits per heavy atom. The normalized spacial score (nSPS) is 13.4. The smallest absolute Gasteiger partial charge is 0.0106 e. The van der Waals surface area contributed by atoms with Crippen LogP contribution in [0.3, 0.4) is 0 Å². The molecule has 0 aliphatic heterocycles. The molecule has 0 spiro atoms. The maximum Gasteiger partial charge on any atom is -0.0106 e. The largest absolute Gasteiger partial charge is 0.150 e. The molecule has 1 aliphatic carbocycles. The molecule has 0 heterocycles. The van der Waals surface area contributed by atoms with Crippen LogP contribution in [0.4, 0.5) is 0 Å². The van der Waals surface area contributed by atoms with Crippen LogP contribution >= 0.6 is 24.8 Å². The third-order valence-electron chi connectivity index (χ3n) is 6.98. The number of rotatable bonds is 1. The molecule has 0 N–H and O–H groups in total. The van der Waals surface area contributed by atoms with Gasteiger partial charge in [-0.2, -0.15) is 11.1 Å². The summed E-state index contributed by atoms with van der Waals surface area (Å²) in [6.07, 6.45) is 3.36. The average molecular weight is 635 g/mol. The fourth-order valence-corrected chi connectivity index (χ4v) is 4.82. The van der Waals surface area contributed by atoms with E-state index in [0.29, 0.717) is 5.92 Å². The third-order valence-corrected chi connectivity index (χ3v) is 6.98. The molecule has 4 heteroatoms. The first-order valence-corrected chi connectivity index (χ1v) is 15.8. The van der Waals surface area contributed by atoms with Gasteiger partial charge in [0.05, 0.1) is 0 Å². The quantitative estimate of drug-likeness (QED) is 0.0978. The van der Waals surface area contributed by atoms with Crippen LogP contribution in [0.25, 0.3) is 43.4 Å². The van der Waals surface area contributed by atoms with Gasteiger partial charge < -0.3 is 14.9 Å². The molecule has 0 saturated carbocycles. The fraction of sp³-hybridized carbons (Fsp3) is 0.147. The molecule has 1 aliphatic rings. The van der Waals surface area contributed by atoms with Crippen LogP contribution in [-0.2, 0) is 23.3 Å². The Bertz CT molecular complexity index is 1540. The molecule has 38 heavy (non-hydrogen) atoms. The van der Waals surface area contributed by atoms with Crippen molar-refractivity contribution in [3.63, 3.8) is 0 Å². The van der Waals surface area contributed by atoms with Crippen LogP contribution in [0.2, 0.25) is 0 Å². The number of halogens is 2. The van der Waals surface area contributed by atoms with E-state index in [9.17, 15) is 0 Å². The van der Waals surface area contributed by atoms with Crippen molar-refractivity contribution in [1.29, 1.82) is 0 Å². The molecule has 2 radical (unpaired) electrons. The van der Waals surface area contributed by atoms with Crippen LogP contribution in [0.5, 0.6) is 0 Å².